The molecule has 2 aliphatic carbocycles. The minimum atomic E-state index is -0.422. The van der Waals surface area contributed by atoms with Crippen LogP contribution in [0.1, 0.15) is 60.8 Å². The first kappa shape index (κ1) is 35.9. The number of hydrogen-bond donors (Lipinski definition) is 0. The van der Waals surface area contributed by atoms with Gasteiger partial charge in [0.05, 0.1) is 6.54 Å². The maximum Gasteiger partial charge on any atom is 0.409 e. The number of benzene rings is 4. The molecule has 4 aromatic carbocycles. The van der Waals surface area contributed by atoms with Crippen LogP contribution in [0.4, 0.5) is 9.59 Å². The van der Waals surface area contributed by atoms with Crippen LogP contribution in [0.25, 0.3) is 22.3 Å². The lowest BCUT2D eigenvalue weighted by molar-refractivity contribution is -0.141. The van der Waals surface area contributed by atoms with Crippen LogP contribution >= 0.6 is 0 Å². The van der Waals surface area contributed by atoms with Crippen molar-refractivity contribution in [3.8, 4) is 22.3 Å². The van der Waals surface area contributed by atoms with Gasteiger partial charge in [-0.3, -0.25) is 4.79 Å². The summed E-state index contributed by atoms with van der Waals surface area (Å²) in [5.41, 5.74) is 9.59. The van der Waals surface area contributed by atoms with Crippen molar-refractivity contribution in [3.05, 3.63) is 119 Å². The molecule has 0 heterocycles. The van der Waals surface area contributed by atoms with Gasteiger partial charge in [0.1, 0.15) is 25.6 Å². The molecule has 0 saturated carbocycles. The van der Waals surface area contributed by atoms with Crippen molar-refractivity contribution < 1.29 is 33.4 Å². The Balaban J connectivity index is 0.000000194. The number of Topliss-reactive ketones (excluding diaryl/α,β-unsaturated/α-hetero) is 1. The molecular formula is C41H44N2O7. The molecule has 9 nitrogen and oxygen atoms in total. The fourth-order valence-electron chi connectivity index (χ4n) is 6.48. The van der Waals surface area contributed by atoms with E-state index in [4.69, 9.17) is 14.2 Å². The van der Waals surface area contributed by atoms with E-state index in [-0.39, 0.29) is 42.9 Å². The maximum atomic E-state index is 12.2. The van der Waals surface area contributed by atoms with Crippen LogP contribution in [-0.2, 0) is 23.8 Å². The molecule has 4 aromatic rings. The van der Waals surface area contributed by atoms with Crippen molar-refractivity contribution in [2.75, 3.05) is 47.0 Å². The Hall–Kier alpha value is -5.44. The Kier molecular flexibility index (Phi) is 12.0. The highest BCUT2D eigenvalue weighted by Gasteiger charge is 2.30. The highest BCUT2D eigenvalue weighted by atomic mass is 16.6. The Morgan fingerprint density at radius 1 is 0.540 bits per heavy atom. The number of rotatable bonds is 11. The van der Waals surface area contributed by atoms with Gasteiger partial charge in [-0.05, 0) is 57.9 Å². The first-order valence-corrected chi connectivity index (χ1v) is 16.9. The normalized spacial score (nSPS) is 12.3. The molecule has 0 unspecified atom stereocenters. The van der Waals surface area contributed by atoms with Crippen LogP contribution in [0.15, 0.2) is 97.1 Å². The zero-order valence-electron chi connectivity index (χ0n) is 29.1. The number of carbonyl (C=O) groups is 4. The summed E-state index contributed by atoms with van der Waals surface area (Å²) >= 11 is 0. The SMILES string of the molecule is CC(=O)CCCN(C)C(=O)OCC1c2ccccc2-c2ccccc21.CC(=O)OCCN(C)C(=O)OCC1c2ccccc2-c2ccccc21. The van der Waals surface area contributed by atoms with E-state index >= 15 is 0 Å². The fraction of sp³-hybridized carbons (Fsp3) is 0.317. The molecule has 0 radical (unpaired) electrons. The Morgan fingerprint density at radius 2 is 0.900 bits per heavy atom. The third-order valence-corrected chi connectivity index (χ3v) is 9.05. The molecule has 2 aliphatic rings. The van der Waals surface area contributed by atoms with Gasteiger partial charge in [0.2, 0.25) is 0 Å². The first-order chi connectivity index (χ1) is 24.2. The molecule has 2 amide bonds. The highest BCUT2D eigenvalue weighted by Crippen LogP contribution is 2.45. The number of nitrogens with zero attached hydrogens (tertiary/aromatic N) is 2. The van der Waals surface area contributed by atoms with E-state index in [0.717, 1.165) is 0 Å². The van der Waals surface area contributed by atoms with E-state index in [2.05, 4.69) is 48.5 Å². The second-order valence-corrected chi connectivity index (χ2v) is 12.6. The summed E-state index contributed by atoms with van der Waals surface area (Å²) in [6.45, 7) is 4.50. The first-order valence-electron chi connectivity index (χ1n) is 16.9. The summed E-state index contributed by atoms with van der Waals surface area (Å²) in [6, 6.07) is 33.0. The quantitative estimate of drug-likeness (QED) is 0.119. The molecule has 0 N–H and O–H groups in total. The number of fused-ring (bicyclic) bond motifs is 6. The number of hydrogen-bond acceptors (Lipinski definition) is 7. The summed E-state index contributed by atoms with van der Waals surface area (Å²) in [6.07, 6.45) is 0.385. The topological polar surface area (TPSA) is 102 Å². The Morgan fingerprint density at radius 3 is 1.26 bits per heavy atom. The standard InChI is InChI=1S/C21H23NO3.C20H21NO4/c1-15(23)8-7-13-22(2)21(24)25-14-20-18-11-5-3-9-16(18)17-10-4-6-12-19(17)20;1-14(22)24-12-11-21(2)20(23)25-13-19-17-9-5-3-7-15(17)16-8-4-6-10-18(16)19/h3-6,9-12,20H,7-8,13-14H2,1-2H3;3-10,19H,11-13H2,1-2H3. The smallest absolute Gasteiger partial charge is 0.409 e. The summed E-state index contributed by atoms with van der Waals surface area (Å²) in [5, 5.41) is 0. The second kappa shape index (κ2) is 16.8. The molecule has 0 fully saturated rings. The fourth-order valence-corrected chi connectivity index (χ4v) is 6.48. The predicted octanol–water partition coefficient (Wildman–Crippen LogP) is 7.67. The van der Waals surface area contributed by atoms with Gasteiger partial charge in [0.15, 0.2) is 0 Å². The molecule has 0 bridgehead atoms. The van der Waals surface area contributed by atoms with Crippen LogP contribution in [0.2, 0.25) is 0 Å². The van der Waals surface area contributed by atoms with Crippen molar-refractivity contribution in [1.82, 2.24) is 9.80 Å². The van der Waals surface area contributed by atoms with Crippen molar-refractivity contribution in [2.45, 2.75) is 38.5 Å². The third-order valence-electron chi connectivity index (χ3n) is 9.05. The van der Waals surface area contributed by atoms with E-state index in [9.17, 15) is 19.2 Å². The largest absolute Gasteiger partial charge is 0.464 e. The maximum absolute atomic E-state index is 12.2. The lowest BCUT2D eigenvalue weighted by Gasteiger charge is -2.19. The lowest BCUT2D eigenvalue weighted by atomic mass is 9.98. The number of amides is 2. The molecule has 9 heteroatoms. The molecule has 50 heavy (non-hydrogen) atoms. The molecule has 0 aliphatic heterocycles. The predicted molar refractivity (Wildman–Crippen MR) is 192 cm³/mol. The highest BCUT2D eigenvalue weighted by molar-refractivity contribution is 5.80. The van der Waals surface area contributed by atoms with Crippen LogP contribution in [0.5, 0.6) is 0 Å². The molecule has 0 aromatic heterocycles. The van der Waals surface area contributed by atoms with Crippen LogP contribution in [0.3, 0.4) is 0 Å². The van der Waals surface area contributed by atoms with Crippen molar-refractivity contribution in [3.63, 3.8) is 0 Å². The third kappa shape index (κ3) is 8.58. The number of esters is 1. The Labute approximate surface area is 293 Å². The van der Waals surface area contributed by atoms with E-state index in [1.165, 1.54) is 61.2 Å². The van der Waals surface area contributed by atoms with E-state index in [1.54, 1.807) is 21.0 Å². The average molecular weight is 677 g/mol. The van der Waals surface area contributed by atoms with Crippen LogP contribution in [-0.4, -0.2) is 80.7 Å². The minimum Gasteiger partial charge on any atom is -0.464 e. The van der Waals surface area contributed by atoms with Crippen molar-refractivity contribution in [1.29, 1.82) is 0 Å². The minimum absolute atomic E-state index is 0.0400. The summed E-state index contributed by atoms with van der Waals surface area (Å²) in [5.74, 6) is -0.109. The molecule has 0 atom stereocenters. The van der Waals surface area contributed by atoms with Gasteiger partial charge in [0, 0.05) is 45.8 Å². The van der Waals surface area contributed by atoms with Gasteiger partial charge >= 0.3 is 18.2 Å². The number of carbonyl (C=O) groups excluding carboxylic acids is 4. The van der Waals surface area contributed by atoms with Gasteiger partial charge in [0.25, 0.3) is 0 Å². The number of ether oxygens (including phenoxy) is 3. The van der Waals surface area contributed by atoms with Crippen molar-refractivity contribution >= 4 is 23.9 Å². The van der Waals surface area contributed by atoms with Crippen molar-refractivity contribution in [2.24, 2.45) is 0 Å². The average Bonchev–Trinajstić information content (AvgIpc) is 3.61. The van der Waals surface area contributed by atoms with E-state index < -0.39 is 6.09 Å². The second-order valence-electron chi connectivity index (χ2n) is 12.6. The zero-order chi connectivity index (χ0) is 35.6. The number of likely N-dealkylation sites (N-methyl/N-ethyl adjacent to an activating group) is 1. The lowest BCUT2D eigenvalue weighted by Crippen LogP contribution is -2.32. The van der Waals surface area contributed by atoms with Gasteiger partial charge in [-0.2, -0.15) is 0 Å². The molecule has 6 rings (SSSR count). The molecule has 260 valence electrons. The van der Waals surface area contributed by atoms with Gasteiger partial charge in [-0.1, -0.05) is 97.1 Å². The summed E-state index contributed by atoms with van der Waals surface area (Å²) in [4.78, 5) is 49.1. The Bertz CT molecular complexity index is 1610. The number of ketones is 1. The van der Waals surface area contributed by atoms with E-state index in [0.29, 0.717) is 32.5 Å². The van der Waals surface area contributed by atoms with Crippen LogP contribution < -0.4 is 0 Å². The van der Waals surface area contributed by atoms with Gasteiger partial charge < -0.3 is 28.8 Å². The van der Waals surface area contributed by atoms with E-state index in [1.807, 2.05) is 48.5 Å². The van der Waals surface area contributed by atoms with Gasteiger partial charge in [-0.25, -0.2) is 9.59 Å². The summed E-state index contributed by atoms with van der Waals surface area (Å²) < 4.78 is 15.9. The zero-order valence-corrected chi connectivity index (χ0v) is 29.1. The van der Waals surface area contributed by atoms with Crippen LogP contribution in [0, 0.1) is 0 Å². The molecular weight excluding hydrogens is 632 g/mol. The summed E-state index contributed by atoms with van der Waals surface area (Å²) in [7, 11) is 3.33. The van der Waals surface area contributed by atoms with Gasteiger partial charge in [-0.15, -0.1) is 0 Å². The molecule has 0 saturated heterocycles. The molecule has 0 spiro atoms. The monoisotopic (exact) mass is 676 g/mol.